The van der Waals surface area contributed by atoms with E-state index in [4.69, 9.17) is 4.74 Å². The summed E-state index contributed by atoms with van der Waals surface area (Å²) in [6.07, 6.45) is 9.78. The van der Waals surface area contributed by atoms with Crippen LogP contribution in [0.2, 0.25) is 0 Å². The minimum atomic E-state index is -0.158. The number of nitrogens with zero attached hydrogens (tertiary/aromatic N) is 4. The summed E-state index contributed by atoms with van der Waals surface area (Å²) in [5, 5.41) is 11.0. The van der Waals surface area contributed by atoms with E-state index in [1.807, 2.05) is 6.20 Å². The van der Waals surface area contributed by atoms with Crippen molar-refractivity contribution in [2.75, 3.05) is 19.7 Å². The number of ether oxygens (including phenoxy) is 1. The predicted octanol–water partition coefficient (Wildman–Crippen LogP) is 1.64. The third-order valence-corrected chi connectivity index (χ3v) is 6.51. The fourth-order valence-electron chi connectivity index (χ4n) is 4.80. The third kappa shape index (κ3) is 4.48. The fraction of sp³-hybridized carbons (Fsp3) is 0.619. The Labute approximate surface area is 170 Å². The summed E-state index contributed by atoms with van der Waals surface area (Å²) < 4.78 is 6.32. The lowest BCUT2D eigenvalue weighted by molar-refractivity contribution is -0.0212. The van der Waals surface area contributed by atoms with Crippen molar-refractivity contribution in [3.8, 4) is 0 Å². The van der Waals surface area contributed by atoms with Crippen molar-refractivity contribution in [2.45, 2.75) is 44.4 Å². The number of nitrogens with one attached hydrogen (secondary N) is 2. The largest absolute Gasteiger partial charge is 0.376 e. The lowest BCUT2D eigenvalue weighted by Crippen LogP contribution is -2.50. The molecule has 5 rings (SSSR count). The lowest BCUT2D eigenvalue weighted by atomic mass is 9.77. The Bertz CT molecular complexity index is 810. The van der Waals surface area contributed by atoms with E-state index in [-0.39, 0.29) is 18.1 Å². The molecule has 8 heteroatoms. The van der Waals surface area contributed by atoms with Gasteiger partial charge in [-0.2, -0.15) is 5.10 Å². The molecule has 29 heavy (non-hydrogen) atoms. The number of fused-ring (bicyclic) bond motifs is 1. The summed E-state index contributed by atoms with van der Waals surface area (Å²) in [5.41, 5.74) is 1.51. The van der Waals surface area contributed by atoms with Crippen LogP contribution >= 0.6 is 0 Å². The zero-order valence-electron chi connectivity index (χ0n) is 16.5. The molecule has 1 aliphatic heterocycles. The van der Waals surface area contributed by atoms with E-state index in [9.17, 15) is 4.79 Å². The maximum Gasteiger partial charge on any atom is 0.272 e. The zero-order chi connectivity index (χ0) is 19.6. The number of likely N-dealkylation sites (tertiary alicyclic amines) is 1. The molecule has 3 heterocycles. The Morgan fingerprint density at radius 2 is 2.14 bits per heavy atom. The average Bonchev–Trinajstić information content (AvgIpc) is 3.27. The molecule has 4 atom stereocenters. The van der Waals surface area contributed by atoms with Crippen molar-refractivity contribution < 1.29 is 9.53 Å². The number of carbonyl (C=O) groups excluding carboxylic acids is 1. The molecule has 0 spiro atoms. The van der Waals surface area contributed by atoms with Gasteiger partial charge in [-0.1, -0.05) is 0 Å². The van der Waals surface area contributed by atoms with Crippen LogP contribution in [-0.4, -0.2) is 62.8 Å². The number of amides is 1. The lowest BCUT2D eigenvalue weighted by Gasteiger charge is -2.38. The number of carbonyl (C=O) groups is 1. The first kappa shape index (κ1) is 18.7. The summed E-state index contributed by atoms with van der Waals surface area (Å²) in [6, 6.07) is 3.47. The molecule has 2 aliphatic carbocycles. The number of hydrogen-bond donors (Lipinski definition) is 2. The summed E-state index contributed by atoms with van der Waals surface area (Å²) in [7, 11) is 0. The Hall–Kier alpha value is -2.32. The van der Waals surface area contributed by atoms with Crippen LogP contribution in [0.5, 0.6) is 0 Å². The molecule has 0 radical (unpaired) electrons. The Balaban J connectivity index is 1.25. The van der Waals surface area contributed by atoms with Crippen molar-refractivity contribution >= 4 is 5.91 Å². The molecule has 0 bridgehead atoms. The first-order valence-corrected chi connectivity index (χ1v) is 10.6. The number of H-pyrrole nitrogens is 1. The maximum absolute atomic E-state index is 12.7. The van der Waals surface area contributed by atoms with Crippen LogP contribution in [0, 0.1) is 17.8 Å². The van der Waals surface area contributed by atoms with Gasteiger partial charge in [0.2, 0.25) is 0 Å². The van der Waals surface area contributed by atoms with Gasteiger partial charge < -0.3 is 15.0 Å². The highest BCUT2D eigenvalue weighted by atomic mass is 16.5. The van der Waals surface area contributed by atoms with E-state index in [0.717, 1.165) is 44.8 Å². The first-order chi connectivity index (χ1) is 14.2. The van der Waals surface area contributed by atoms with E-state index in [1.54, 1.807) is 24.7 Å². The minimum Gasteiger partial charge on any atom is -0.376 e. The molecule has 8 nitrogen and oxygen atoms in total. The monoisotopic (exact) mass is 396 g/mol. The zero-order valence-corrected chi connectivity index (χ0v) is 16.5. The van der Waals surface area contributed by atoms with Gasteiger partial charge in [0.15, 0.2) is 5.69 Å². The Morgan fingerprint density at radius 3 is 2.86 bits per heavy atom. The van der Waals surface area contributed by atoms with E-state index in [0.29, 0.717) is 23.4 Å². The van der Waals surface area contributed by atoms with Crippen LogP contribution in [0.4, 0.5) is 0 Å². The van der Waals surface area contributed by atoms with E-state index >= 15 is 0 Å². The SMILES string of the molecule is O=C(N[C@H]1C[C@H]2CN(Cc3cnc[nH]3)C[C@H]2C[C@@H]1OCC1CC1)c1cccnn1. The molecule has 3 aliphatic rings. The second kappa shape index (κ2) is 8.20. The molecular weight excluding hydrogens is 368 g/mol. The second-order valence-electron chi connectivity index (χ2n) is 8.77. The van der Waals surface area contributed by atoms with Gasteiger partial charge in [-0.15, -0.1) is 5.10 Å². The normalized spacial score (nSPS) is 29.5. The van der Waals surface area contributed by atoms with Crippen molar-refractivity contribution in [3.63, 3.8) is 0 Å². The average molecular weight is 396 g/mol. The van der Waals surface area contributed by atoms with E-state index in [1.165, 1.54) is 12.8 Å². The number of hydrogen-bond acceptors (Lipinski definition) is 6. The van der Waals surface area contributed by atoms with Crippen molar-refractivity contribution in [1.82, 2.24) is 30.4 Å². The van der Waals surface area contributed by atoms with Gasteiger partial charge in [0, 0.05) is 44.3 Å². The summed E-state index contributed by atoms with van der Waals surface area (Å²) in [5.74, 6) is 1.75. The maximum atomic E-state index is 12.7. The van der Waals surface area contributed by atoms with Crippen molar-refractivity contribution in [3.05, 3.63) is 42.2 Å². The molecule has 2 saturated carbocycles. The third-order valence-electron chi connectivity index (χ3n) is 6.51. The van der Waals surface area contributed by atoms with Crippen molar-refractivity contribution in [1.29, 1.82) is 0 Å². The van der Waals surface area contributed by atoms with Crippen molar-refractivity contribution in [2.24, 2.45) is 17.8 Å². The molecule has 154 valence electrons. The van der Waals surface area contributed by atoms with Gasteiger partial charge in [0.1, 0.15) is 0 Å². The quantitative estimate of drug-likeness (QED) is 0.739. The molecule has 0 unspecified atom stereocenters. The van der Waals surface area contributed by atoms with Crippen LogP contribution in [0.15, 0.2) is 30.9 Å². The molecule has 1 saturated heterocycles. The molecule has 0 aromatic carbocycles. The number of aromatic nitrogens is 4. The number of aromatic amines is 1. The van der Waals surface area contributed by atoms with Crippen LogP contribution in [0.1, 0.15) is 41.9 Å². The van der Waals surface area contributed by atoms with Crippen LogP contribution < -0.4 is 5.32 Å². The minimum absolute atomic E-state index is 0.0246. The topological polar surface area (TPSA) is 96.0 Å². The molecule has 3 fully saturated rings. The van der Waals surface area contributed by atoms with Gasteiger partial charge in [-0.25, -0.2) is 4.98 Å². The van der Waals surface area contributed by atoms with Gasteiger partial charge >= 0.3 is 0 Å². The molecular formula is C21H28N6O2. The highest BCUT2D eigenvalue weighted by molar-refractivity contribution is 5.92. The number of rotatable bonds is 7. The van der Waals surface area contributed by atoms with Gasteiger partial charge in [-0.05, 0) is 55.6 Å². The van der Waals surface area contributed by atoms with E-state index in [2.05, 4.69) is 30.4 Å². The van der Waals surface area contributed by atoms with Gasteiger partial charge in [-0.3, -0.25) is 9.69 Å². The molecule has 1 amide bonds. The predicted molar refractivity (Wildman–Crippen MR) is 106 cm³/mol. The first-order valence-electron chi connectivity index (χ1n) is 10.6. The second-order valence-corrected chi connectivity index (χ2v) is 8.77. The summed E-state index contributed by atoms with van der Waals surface area (Å²) >= 11 is 0. The fourth-order valence-corrected chi connectivity index (χ4v) is 4.80. The standard InChI is InChI=1S/C21H28N6O2/c28-21(18-2-1-5-24-26-18)25-19-6-15-9-27(11-17-8-22-13-23-17)10-16(15)7-20(19)29-12-14-3-4-14/h1-2,5,8,13-16,19-20H,3-4,6-7,9-12H2,(H,22,23)(H,25,28)/t15-,16+,19-,20-/m0/s1. The Morgan fingerprint density at radius 1 is 1.28 bits per heavy atom. The molecule has 2 aromatic heterocycles. The van der Waals surface area contributed by atoms with Crippen LogP contribution in [0.3, 0.4) is 0 Å². The Kier molecular flexibility index (Phi) is 5.28. The molecule has 2 N–H and O–H groups in total. The van der Waals surface area contributed by atoms with E-state index < -0.39 is 0 Å². The smallest absolute Gasteiger partial charge is 0.272 e. The highest BCUT2D eigenvalue weighted by Crippen LogP contribution is 2.39. The number of imidazole rings is 1. The summed E-state index contributed by atoms with van der Waals surface area (Å²) in [4.78, 5) is 22.5. The molecule has 2 aromatic rings. The highest BCUT2D eigenvalue weighted by Gasteiger charge is 2.43. The van der Waals surface area contributed by atoms with Gasteiger partial charge in [0.25, 0.3) is 5.91 Å². The van der Waals surface area contributed by atoms with Crippen LogP contribution in [0.25, 0.3) is 0 Å². The van der Waals surface area contributed by atoms with Gasteiger partial charge in [0.05, 0.1) is 18.5 Å². The van der Waals surface area contributed by atoms with Crippen LogP contribution in [-0.2, 0) is 11.3 Å². The summed E-state index contributed by atoms with van der Waals surface area (Å²) in [6.45, 7) is 3.85.